The molecule has 194 valence electrons. The van der Waals surface area contributed by atoms with Crippen LogP contribution >= 0.6 is 11.6 Å². The van der Waals surface area contributed by atoms with Crippen LogP contribution in [0.5, 0.6) is 11.5 Å². The fraction of sp³-hybridized carbons (Fsp3) is 0.308. The van der Waals surface area contributed by atoms with Gasteiger partial charge in [-0.15, -0.1) is 0 Å². The fourth-order valence-corrected chi connectivity index (χ4v) is 4.14. The molecule has 4 rings (SSSR count). The summed E-state index contributed by atoms with van der Waals surface area (Å²) in [6.45, 7) is 4.46. The number of phenolic OH excluding ortho intramolecular Hbond substituents is 1. The lowest BCUT2D eigenvalue weighted by Gasteiger charge is -2.35. The summed E-state index contributed by atoms with van der Waals surface area (Å²) in [7, 11) is 1.45. The van der Waals surface area contributed by atoms with Crippen LogP contribution in [0.3, 0.4) is 0 Å². The maximum absolute atomic E-state index is 13.1. The molecule has 37 heavy (non-hydrogen) atoms. The van der Waals surface area contributed by atoms with Crippen LogP contribution in [0.15, 0.2) is 48.5 Å². The Labute approximate surface area is 220 Å². The van der Waals surface area contributed by atoms with E-state index in [1.807, 2.05) is 18.2 Å². The molecule has 11 heteroatoms. The summed E-state index contributed by atoms with van der Waals surface area (Å²) >= 11 is 6.05. The molecule has 0 saturated carbocycles. The number of aromatic nitrogens is 2. The Balaban J connectivity index is 1.50. The number of nitrogens with one attached hydrogen (secondary N) is 2. The molecule has 1 saturated heterocycles. The van der Waals surface area contributed by atoms with Crippen molar-refractivity contribution in [3.8, 4) is 22.9 Å². The maximum atomic E-state index is 13.1. The van der Waals surface area contributed by atoms with Crippen LogP contribution in [-0.4, -0.2) is 78.2 Å². The van der Waals surface area contributed by atoms with Crippen molar-refractivity contribution in [3.05, 3.63) is 59.1 Å². The van der Waals surface area contributed by atoms with Gasteiger partial charge >= 0.3 is 0 Å². The highest BCUT2D eigenvalue weighted by atomic mass is 35.5. The van der Waals surface area contributed by atoms with E-state index in [-0.39, 0.29) is 28.9 Å². The number of benzene rings is 2. The average Bonchev–Trinajstić information content (AvgIpc) is 2.91. The van der Waals surface area contributed by atoms with E-state index in [0.717, 1.165) is 11.4 Å². The highest BCUT2D eigenvalue weighted by molar-refractivity contribution is 6.30. The van der Waals surface area contributed by atoms with E-state index in [1.54, 1.807) is 35.2 Å². The predicted molar refractivity (Wildman–Crippen MR) is 142 cm³/mol. The van der Waals surface area contributed by atoms with Crippen LogP contribution in [0, 0.1) is 0 Å². The SMILES string of the molecule is COc1cccc(C(=O)N2CCN(c3cc(NCCNC(C)=O)nc(-c4ccc(Cl)cc4)n3)CC2)c1O. The number of amides is 2. The second kappa shape index (κ2) is 11.8. The van der Waals surface area contributed by atoms with E-state index >= 15 is 0 Å². The smallest absolute Gasteiger partial charge is 0.257 e. The molecule has 0 atom stereocenters. The van der Waals surface area contributed by atoms with Gasteiger partial charge in [0, 0.05) is 62.8 Å². The van der Waals surface area contributed by atoms with Crippen molar-refractivity contribution in [1.29, 1.82) is 0 Å². The molecule has 3 N–H and O–H groups in total. The number of halogens is 1. The number of piperazine rings is 1. The van der Waals surface area contributed by atoms with Gasteiger partial charge in [-0.25, -0.2) is 9.97 Å². The monoisotopic (exact) mass is 524 g/mol. The number of nitrogens with zero attached hydrogens (tertiary/aromatic N) is 4. The Bertz CT molecular complexity index is 1260. The molecule has 1 aliphatic heterocycles. The predicted octanol–water partition coefficient (Wildman–Crippen LogP) is 3.02. The first-order valence-electron chi connectivity index (χ1n) is 11.9. The van der Waals surface area contributed by atoms with Gasteiger partial charge in [-0.3, -0.25) is 9.59 Å². The number of phenols is 1. The topological polar surface area (TPSA) is 120 Å². The third kappa shape index (κ3) is 6.39. The maximum Gasteiger partial charge on any atom is 0.257 e. The minimum Gasteiger partial charge on any atom is -0.504 e. The molecule has 1 aromatic heterocycles. The van der Waals surface area contributed by atoms with E-state index in [9.17, 15) is 14.7 Å². The minimum absolute atomic E-state index is 0.0956. The molecule has 0 aliphatic carbocycles. The molecule has 1 fully saturated rings. The number of carbonyl (C=O) groups is 2. The second-order valence-corrected chi connectivity index (χ2v) is 8.92. The first kappa shape index (κ1) is 26.0. The van der Waals surface area contributed by atoms with Crippen molar-refractivity contribution in [2.45, 2.75) is 6.92 Å². The number of carbonyl (C=O) groups excluding carboxylic acids is 2. The minimum atomic E-state index is -0.249. The van der Waals surface area contributed by atoms with Gasteiger partial charge in [0.25, 0.3) is 5.91 Å². The summed E-state index contributed by atoms with van der Waals surface area (Å²) in [5, 5.41) is 17.0. The molecule has 0 radical (unpaired) electrons. The highest BCUT2D eigenvalue weighted by Gasteiger charge is 2.26. The average molecular weight is 525 g/mol. The number of aromatic hydroxyl groups is 1. The number of ether oxygens (including phenoxy) is 1. The Kier molecular flexibility index (Phi) is 8.29. The standard InChI is InChI=1S/C26H29ClN6O4/c1-17(34)28-10-11-29-22-16-23(31-25(30-22)18-6-8-19(27)9-7-18)32-12-14-33(15-13-32)26(36)20-4-3-5-21(37-2)24(20)35/h3-9,16,35H,10-15H2,1-2H3,(H,28,34)(H,29,30,31). The first-order valence-corrected chi connectivity index (χ1v) is 12.3. The molecule has 10 nitrogen and oxygen atoms in total. The van der Waals surface area contributed by atoms with Crippen molar-refractivity contribution in [2.75, 3.05) is 56.6 Å². The van der Waals surface area contributed by atoms with E-state index in [1.165, 1.54) is 14.0 Å². The normalized spacial score (nSPS) is 13.3. The van der Waals surface area contributed by atoms with E-state index in [0.29, 0.717) is 55.9 Å². The second-order valence-electron chi connectivity index (χ2n) is 8.49. The van der Waals surface area contributed by atoms with Gasteiger partial charge in [0.15, 0.2) is 17.3 Å². The number of para-hydroxylation sites is 1. The van der Waals surface area contributed by atoms with Crippen LogP contribution in [-0.2, 0) is 4.79 Å². The lowest BCUT2D eigenvalue weighted by atomic mass is 10.1. The van der Waals surface area contributed by atoms with E-state index < -0.39 is 0 Å². The van der Waals surface area contributed by atoms with Crippen molar-refractivity contribution in [1.82, 2.24) is 20.2 Å². The molecular formula is C26H29ClN6O4. The Morgan fingerprint density at radius 1 is 1.05 bits per heavy atom. The van der Waals surface area contributed by atoms with Gasteiger partial charge in [0.05, 0.1) is 12.7 Å². The number of hydrogen-bond acceptors (Lipinski definition) is 8. The zero-order valence-corrected chi connectivity index (χ0v) is 21.5. The van der Waals surface area contributed by atoms with Gasteiger partial charge in [-0.2, -0.15) is 0 Å². The van der Waals surface area contributed by atoms with Crippen molar-refractivity contribution in [2.24, 2.45) is 0 Å². The fourth-order valence-electron chi connectivity index (χ4n) is 4.01. The Morgan fingerprint density at radius 2 is 1.78 bits per heavy atom. The summed E-state index contributed by atoms with van der Waals surface area (Å²) in [5.74, 6) is 1.64. The zero-order chi connectivity index (χ0) is 26.4. The van der Waals surface area contributed by atoms with E-state index in [2.05, 4.69) is 20.5 Å². The quantitative estimate of drug-likeness (QED) is 0.385. The lowest BCUT2D eigenvalue weighted by Crippen LogP contribution is -2.49. The van der Waals surface area contributed by atoms with Crippen LogP contribution < -0.4 is 20.3 Å². The highest BCUT2D eigenvalue weighted by Crippen LogP contribution is 2.31. The largest absolute Gasteiger partial charge is 0.504 e. The molecule has 0 unspecified atom stereocenters. The number of hydrogen-bond donors (Lipinski definition) is 3. The van der Waals surface area contributed by atoms with Gasteiger partial charge in [-0.05, 0) is 36.4 Å². The summed E-state index contributed by atoms with van der Waals surface area (Å²) in [4.78, 5) is 37.5. The number of rotatable bonds is 8. The van der Waals surface area contributed by atoms with Gasteiger partial charge < -0.3 is 30.3 Å². The van der Waals surface area contributed by atoms with Crippen LogP contribution in [0.2, 0.25) is 5.02 Å². The first-order chi connectivity index (χ1) is 17.9. The van der Waals surface area contributed by atoms with Gasteiger partial charge in [0.1, 0.15) is 11.6 Å². The molecule has 0 bridgehead atoms. The molecule has 3 aromatic rings. The molecule has 2 aromatic carbocycles. The molecule has 1 aliphatic rings. The number of methoxy groups -OCH3 is 1. The third-order valence-electron chi connectivity index (χ3n) is 5.96. The zero-order valence-electron chi connectivity index (χ0n) is 20.7. The van der Waals surface area contributed by atoms with Gasteiger partial charge in [-0.1, -0.05) is 17.7 Å². The molecular weight excluding hydrogens is 496 g/mol. The Morgan fingerprint density at radius 3 is 2.46 bits per heavy atom. The third-order valence-corrected chi connectivity index (χ3v) is 6.21. The summed E-state index contributed by atoms with van der Waals surface area (Å²) in [5.41, 5.74) is 1.03. The molecule has 0 spiro atoms. The summed E-state index contributed by atoms with van der Waals surface area (Å²) < 4.78 is 5.13. The van der Waals surface area contributed by atoms with Crippen LogP contribution in [0.4, 0.5) is 11.6 Å². The van der Waals surface area contributed by atoms with Crippen molar-refractivity contribution < 1.29 is 19.4 Å². The van der Waals surface area contributed by atoms with Crippen molar-refractivity contribution in [3.63, 3.8) is 0 Å². The van der Waals surface area contributed by atoms with Gasteiger partial charge in [0.2, 0.25) is 5.91 Å². The van der Waals surface area contributed by atoms with Crippen LogP contribution in [0.25, 0.3) is 11.4 Å². The lowest BCUT2D eigenvalue weighted by molar-refractivity contribution is -0.118. The van der Waals surface area contributed by atoms with E-state index in [4.69, 9.17) is 21.3 Å². The summed E-state index contributed by atoms with van der Waals surface area (Å²) in [6, 6.07) is 14.0. The van der Waals surface area contributed by atoms with Crippen LogP contribution in [0.1, 0.15) is 17.3 Å². The summed E-state index contributed by atoms with van der Waals surface area (Å²) in [6.07, 6.45) is 0. The van der Waals surface area contributed by atoms with Crippen molar-refractivity contribution >= 4 is 35.1 Å². The molecule has 2 amide bonds. The number of anilines is 2. The Hall–Kier alpha value is -4.05. The molecule has 2 heterocycles.